The van der Waals surface area contributed by atoms with E-state index in [2.05, 4.69) is 0 Å². The maximum absolute atomic E-state index is 13.6. The van der Waals surface area contributed by atoms with Crippen LogP contribution in [0.3, 0.4) is 0 Å². The first-order valence-corrected chi connectivity index (χ1v) is 8.47. The van der Waals surface area contributed by atoms with Crippen molar-refractivity contribution in [3.05, 3.63) is 52.6 Å². The second-order valence-corrected chi connectivity index (χ2v) is 6.66. The standard InChI is InChI=1S/C19H16N4O4/c20-8-11-17(22)27-14-7-2-1-4-10(14)19(11)16-12(5-3-6-13(16)24)23(18(19)26)9-15(21)25/h1-2,4,7H,3,5-6,9,22H2,(H2,21,25). The van der Waals surface area contributed by atoms with E-state index in [-0.39, 0.29) is 35.8 Å². The summed E-state index contributed by atoms with van der Waals surface area (Å²) in [6.07, 6.45) is 1.24. The summed E-state index contributed by atoms with van der Waals surface area (Å²) < 4.78 is 5.54. The molecule has 2 heterocycles. The number of hydrogen-bond acceptors (Lipinski definition) is 6. The van der Waals surface area contributed by atoms with Crippen LogP contribution >= 0.6 is 0 Å². The summed E-state index contributed by atoms with van der Waals surface area (Å²) in [5, 5.41) is 9.81. The Morgan fingerprint density at radius 1 is 1.30 bits per heavy atom. The largest absolute Gasteiger partial charge is 0.440 e. The predicted molar refractivity (Wildman–Crippen MR) is 92.4 cm³/mol. The van der Waals surface area contributed by atoms with Crippen molar-refractivity contribution in [2.75, 3.05) is 6.54 Å². The second-order valence-electron chi connectivity index (χ2n) is 6.66. The van der Waals surface area contributed by atoms with Gasteiger partial charge in [0.05, 0.1) is 0 Å². The van der Waals surface area contributed by atoms with Crippen LogP contribution < -0.4 is 16.2 Å². The molecule has 0 saturated heterocycles. The van der Waals surface area contributed by atoms with E-state index in [0.29, 0.717) is 29.9 Å². The number of benzene rings is 1. The molecule has 0 radical (unpaired) electrons. The lowest BCUT2D eigenvalue weighted by molar-refractivity contribution is -0.134. The average molecular weight is 364 g/mol. The molecule has 8 nitrogen and oxygen atoms in total. The molecule has 0 fully saturated rings. The highest BCUT2D eigenvalue weighted by molar-refractivity contribution is 6.15. The molecule has 1 unspecified atom stereocenters. The fourth-order valence-corrected chi connectivity index (χ4v) is 4.25. The maximum Gasteiger partial charge on any atom is 0.248 e. The zero-order chi connectivity index (χ0) is 19.3. The van der Waals surface area contributed by atoms with Gasteiger partial charge in [0.15, 0.2) is 5.78 Å². The number of rotatable bonds is 2. The molecule has 1 aromatic carbocycles. The quantitative estimate of drug-likeness (QED) is 0.776. The average Bonchev–Trinajstić information content (AvgIpc) is 2.86. The Labute approximate surface area is 154 Å². The molecule has 4 N–H and O–H groups in total. The summed E-state index contributed by atoms with van der Waals surface area (Å²) >= 11 is 0. The first kappa shape index (κ1) is 16.8. The van der Waals surface area contributed by atoms with Gasteiger partial charge in [0.2, 0.25) is 17.7 Å². The number of nitriles is 1. The number of amides is 2. The van der Waals surface area contributed by atoms with Crippen LogP contribution in [0.5, 0.6) is 5.75 Å². The van der Waals surface area contributed by atoms with Crippen LogP contribution in [0, 0.1) is 11.3 Å². The predicted octanol–water partition coefficient (Wildman–Crippen LogP) is 0.345. The molecule has 8 heteroatoms. The van der Waals surface area contributed by atoms with Crippen molar-refractivity contribution in [1.82, 2.24) is 4.90 Å². The highest BCUT2D eigenvalue weighted by atomic mass is 16.5. The number of Topliss-reactive ketones (excluding diaryl/α,β-unsaturated/α-hetero) is 1. The summed E-state index contributed by atoms with van der Waals surface area (Å²) in [6.45, 7) is -0.367. The van der Waals surface area contributed by atoms with Crippen molar-refractivity contribution >= 4 is 17.6 Å². The van der Waals surface area contributed by atoms with E-state index in [0.717, 1.165) is 0 Å². The zero-order valence-electron chi connectivity index (χ0n) is 14.3. The van der Waals surface area contributed by atoms with Crippen molar-refractivity contribution in [2.45, 2.75) is 24.7 Å². The molecule has 1 spiro atoms. The third kappa shape index (κ3) is 2.05. The molecular formula is C19H16N4O4. The van der Waals surface area contributed by atoms with Crippen molar-refractivity contribution in [3.8, 4) is 11.8 Å². The molecule has 4 rings (SSSR count). The second kappa shape index (κ2) is 5.71. The molecule has 1 atom stereocenters. The topological polar surface area (TPSA) is 140 Å². The van der Waals surface area contributed by atoms with Crippen LogP contribution in [0.1, 0.15) is 24.8 Å². The van der Waals surface area contributed by atoms with Gasteiger partial charge in [0.1, 0.15) is 29.4 Å². The fraction of sp³-hybridized carbons (Fsp3) is 0.263. The molecule has 1 aromatic rings. The Bertz CT molecular complexity index is 1020. The summed E-state index contributed by atoms with van der Waals surface area (Å²) in [4.78, 5) is 39.4. The van der Waals surface area contributed by atoms with Gasteiger partial charge >= 0.3 is 0 Å². The molecular weight excluding hydrogens is 348 g/mol. The smallest absolute Gasteiger partial charge is 0.248 e. The zero-order valence-corrected chi connectivity index (χ0v) is 14.3. The lowest BCUT2D eigenvalue weighted by Crippen LogP contribution is -2.48. The van der Waals surface area contributed by atoms with E-state index in [9.17, 15) is 19.6 Å². The van der Waals surface area contributed by atoms with Crippen LogP contribution in [0.15, 0.2) is 47.0 Å². The minimum Gasteiger partial charge on any atom is -0.440 e. The molecule has 0 saturated carbocycles. The number of ketones is 1. The van der Waals surface area contributed by atoms with E-state index < -0.39 is 17.2 Å². The van der Waals surface area contributed by atoms with Gasteiger partial charge in [-0.1, -0.05) is 18.2 Å². The number of nitrogens with two attached hydrogens (primary N) is 2. The molecule has 2 aliphatic heterocycles. The number of allylic oxidation sites excluding steroid dienone is 1. The fourth-order valence-electron chi connectivity index (χ4n) is 4.25. The lowest BCUT2D eigenvalue weighted by Gasteiger charge is -2.35. The van der Waals surface area contributed by atoms with Gasteiger partial charge in [-0.15, -0.1) is 0 Å². The number of ether oxygens (including phenoxy) is 1. The van der Waals surface area contributed by atoms with Gasteiger partial charge in [0, 0.05) is 23.3 Å². The van der Waals surface area contributed by atoms with E-state index in [1.54, 1.807) is 24.3 Å². The Morgan fingerprint density at radius 2 is 2.04 bits per heavy atom. The van der Waals surface area contributed by atoms with Gasteiger partial charge in [-0.3, -0.25) is 14.4 Å². The molecule has 2 amide bonds. The van der Waals surface area contributed by atoms with E-state index in [4.69, 9.17) is 16.2 Å². The van der Waals surface area contributed by atoms with Gasteiger partial charge in [-0.2, -0.15) is 5.26 Å². The van der Waals surface area contributed by atoms with Gasteiger partial charge in [-0.05, 0) is 18.9 Å². The first-order valence-electron chi connectivity index (χ1n) is 8.47. The number of nitrogens with zero attached hydrogens (tertiary/aromatic N) is 2. The minimum absolute atomic E-state index is 0.138. The molecule has 3 aliphatic rings. The Balaban J connectivity index is 2.10. The first-order chi connectivity index (χ1) is 12.9. The number of hydrogen-bond donors (Lipinski definition) is 2. The number of carbonyl (C=O) groups is 3. The molecule has 136 valence electrons. The van der Waals surface area contributed by atoms with Crippen molar-refractivity contribution in [3.63, 3.8) is 0 Å². The Kier molecular flexibility index (Phi) is 3.56. The third-order valence-corrected chi connectivity index (χ3v) is 5.21. The summed E-state index contributed by atoms with van der Waals surface area (Å²) in [5.74, 6) is -1.45. The van der Waals surface area contributed by atoms with E-state index in [1.165, 1.54) is 4.90 Å². The Hall–Kier alpha value is -3.60. The number of primary amides is 1. The number of fused-ring (bicyclic) bond motifs is 3. The monoisotopic (exact) mass is 364 g/mol. The van der Waals surface area contributed by atoms with Crippen molar-refractivity contribution in [1.29, 1.82) is 5.26 Å². The summed E-state index contributed by atoms with van der Waals surface area (Å²) in [5.41, 5.74) is 10.5. The molecule has 0 aromatic heterocycles. The summed E-state index contributed by atoms with van der Waals surface area (Å²) in [6, 6.07) is 8.62. The molecule has 1 aliphatic carbocycles. The van der Waals surface area contributed by atoms with Crippen LogP contribution in [-0.4, -0.2) is 29.0 Å². The minimum atomic E-state index is -1.70. The van der Waals surface area contributed by atoms with E-state index in [1.807, 2.05) is 6.07 Å². The normalized spacial score (nSPS) is 23.9. The number of para-hydroxylation sites is 1. The van der Waals surface area contributed by atoms with Crippen LogP contribution in [0.2, 0.25) is 0 Å². The van der Waals surface area contributed by atoms with Crippen LogP contribution in [-0.2, 0) is 19.8 Å². The van der Waals surface area contributed by atoms with Crippen LogP contribution in [0.4, 0.5) is 0 Å². The van der Waals surface area contributed by atoms with E-state index >= 15 is 0 Å². The maximum atomic E-state index is 13.6. The third-order valence-electron chi connectivity index (χ3n) is 5.21. The number of carbonyl (C=O) groups excluding carboxylic acids is 3. The van der Waals surface area contributed by atoms with Gasteiger partial charge in [0.25, 0.3) is 0 Å². The molecule has 0 bridgehead atoms. The highest BCUT2D eigenvalue weighted by Gasteiger charge is 2.62. The SMILES string of the molecule is N#CC1=C(N)Oc2ccccc2C12C(=O)N(CC(N)=O)C1=C2C(=O)CCC1. The van der Waals surface area contributed by atoms with Gasteiger partial charge in [-0.25, -0.2) is 0 Å². The van der Waals surface area contributed by atoms with Crippen molar-refractivity contribution < 1.29 is 19.1 Å². The summed E-state index contributed by atoms with van der Waals surface area (Å²) in [7, 11) is 0. The lowest BCUT2D eigenvalue weighted by atomic mass is 9.65. The Morgan fingerprint density at radius 3 is 2.74 bits per heavy atom. The van der Waals surface area contributed by atoms with Gasteiger partial charge < -0.3 is 21.1 Å². The molecule has 27 heavy (non-hydrogen) atoms. The van der Waals surface area contributed by atoms with Crippen LogP contribution in [0.25, 0.3) is 0 Å². The highest BCUT2D eigenvalue weighted by Crippen LogP contribution is 2.55. The van der Waals surface area contributed by atoms with Crippen molar-refractivity contribution in [2.24, 2.45) is 11.5 Å².